The maximum absolute atomic E-state index is 10.2. The van der Waals surface area contributed by atoms with Crippen LogP contribution in [0, 0.1) is 0 Å². The molecule has 5 heteroatoms. The van der Waals surface area contributed by atoms with Crippen molar-refractivity contribution >= 4 is 35.3 Å². The van der Waals surface area contributed by atoms with E-state index in [1.807, 2.05) is 0 Å². The third-order valence-electron chi connectivity index (χ3n) is 1.61. The number of nitrogens with one attached hydrogen (secondary N) is 1. The molecule has 0 bridgehead atoms. The second kappa shape index (κ2) is 4.46. The summed E-state index contributed by atoms with van der Waals surface area (Å²) in [6.07, 6.45) is 0.568. The average Bonchev–Trinajstić information content (AvgIpc) is 2.12. The molecular weight excluding hydrogens is 211 g/mol. The Morgan fingerprint density at radius 2 is 2.15 bits per heavy atom. The first-order chi connectivity index (χ1) is 6.20. The van der Waals surface area contributed by atoms with E-state index in [0.717, 1.165) is 0 Å². The minimum atomic E-state index is 0.232. The van der Waals surface area contributed by atoms with E-state index >= 15 is 0 Å². The van der Waals surface area contributed by atoms with Gasteiger partial charge in [0.1, 0.15) is 0 Å². The predicted octanol–water partition coefficient (Wildman–Crippen LogP) is 2.02. The number of hydrogen-bond donors (Lipinski definition) is 2. The lowest BCUT2D eigenvalue weighted by atomic mass is 10.2. The van der Waals surface area contributed by atoms with Crippen LogP contribution in [0.2, 0.25) is 10.0 Å². The number of anilines is 1. The lowest BCUT2D eigenvalue weighted by Crippen LogP contribution is -2.04. The molecule has 0 unspecified atom stereocenters. The van der Waals surface area contributed by atoms with E-state index < -0.39 is 0 Å². The molecule has 0 saturated heterocycles. The fraction of sp³-hybridized carbons (Fsp3) is 0.125. The van der Waals surface area contributed by atoms with Gasteiger partial charge in [0.15, 0.2) is 0 Å². The second-order valence-electron chi connectivity index (χ2n) is 2.35. The molecule has 1 amide bonds. The Bertz CT molecular complexity index is 328. The minimum Gasteiger partial charge on any atom is -0.328 e. The van der Waals surface area contributed by atoms with Gasteiger partial charge in [-0.25, -0.2) is 0 Å². The van der Waals surface area contributed by atoms with Crippen molar-refractivity contribution in [1.29, 1.82) is 0 Å². The number of carbonyl (C=O) groups is 1. The molecule has 0 aromatic heterocycles. The summed E-state index contributed by atoms with van der Waals surface area (Å²) in [4.78, 5) is 10.2. The van der Waals surface area contributed by atoms with Crippen LogP contribution >= 0.6 is 23.2 Å². The lowest BCUT2D eigenvalue weighted by Gasteiger charge is -2.09. The largest absolute Gasteiger partial charge is 0.328 e. The van der Waals surface area contributed by atoms with Gasteiger partial charge in [0.05, 0.1) is 10.0 Å². The molecule has 13 heavy (non-hydrogen) atoms. The SMILES string of the molecule is NCc1c(NC=O)ccc(Cl)c1Cl. The summed E-state index contributed by atoms with van der Waals surface area (Å²) in [5.74, 6) is 0. The third-order valence-corrected chi connectivity index (χ3v) is 2.46. The van der Waals surface area contributed by atoms with Gasteiger partial charge in [0.25, 0.3) is 0 Å². The Labute approximate surface area is 85.8 Å². The highest BCUT2D eigenvalue weighted by atomic mass is 35.5. The monoisotopic (exact) mass is 218 g/mol. The zero-order valence-corrected chi connectivity index (χ0v) is 8.19. The van der Waals surface area contributed by atoms with Gasteiger partial charge in [-0.15, -0.1) is 0 Å². The van der Waals surface area contributed by atoms with E-state index in [0.29, 0.717) is 27.7 Å². The number of rotatable bonds is 3. The Kier molecular flexibility index (Phi) is 3.54. The molecule has 0 saturated carbocycles. The van der Waals surface area contributed by atoms with Crippen molar-refractivity contribution in [3.63, 3.8) is 0 Å². The van der Waals surface area contributed by atoms with Crippen LogP contribution in [-0.2, 0) is 11.3 Å². The topological polar surface area (TPSA) is 55.1 Å². The van der Waals surface area contributed by atoms with Gasteiger partial charge in [-0.1, -0.05) is 23.2 Å². The van der Waals surface area contributed by atoms with Crippen LogP contribution in [0.3, 0.4) is 0 Å². The highest BCUT2D eigenvalue weighted by Crippen LogP contribution is 2.30. The van der Waals surface area contributed by atoms with Gasteiger partial charge in [0, 0.05) is 17.8 Å². The number of hydrogen-bond acceptors (Lipinski definition) is 2. The Morgan fingerprint density at radius 1 is 1.46 bits per heavy atom. The van der Waals surface area contributed by atoms with Crippen LogP contribution in [0.5, 0.6) is 0 Å². The van der Waals surface area contributed by atoms with Crippen molar-refractivity contribution in [2.45, 2.75) is 6.54 Å². The van der Waals surface area contributed by atoms with E-state index in [2.05, 4.69) is 5.32 Å². The van der Waals surface area contributed by atoms with Crippen molar-refractivity contribution in [2.75, 3.05) is 5.32 Å². The Balaban J connectivity index is 3.20. The summed E-state index contributed by atoms with van der Waals surface area (Å²) >= 11 is 11.6. The van der Waals surface area contributed by atoms with E-state index in [9.17, 15) is 4.79 Å². The average molecular weight is 219 g/mol. The summed E-state index contributed by atoms with van der Waals surface area (Å²) in [6, 6.07) is 3.26. The molecule has 1 rings (SSSR count). The van der Waals surface area contributed by atoms with E-state index in [4.69, 9.17) is 28.9 Å². The fourth-order valence-corrected chi connectivity index (χ4v) is 1.41. The first kappa shape index (κ1) is 10.3. The molecule has 0 atom stereocenters. The maximum Gasteiger partial charge on any atom is 0.211 e. The summed E-state index contributed by atoms with van der Waals surface area (Å²) < 4.78 is 0. The van der Waals surface area contributed by atoms with Crippen LogP contribution in [0.25, 0.3) is 0 Å². The zero-order chi connectivity index (χ0) is 9.84. The zero-order valence-electron chi connectivity index (χ0n) is 6.68. The van der Waals surface area contributed by atoms with E-state index in [1.165, 1.54) is 0 Å². The minimum absolute atomic E-state index is 0.232. The molecule has 0 radical (unpaired) electrons. The molecule has 0 aliphatic heterocycles. The molecule has 0 aliphatic carbocycles. The fourth-order valence-electron chi connectivity index (χ4n) is 0.991. The van der Waals surface area contributed by atoms with Gasteiger partial charge in [-0.2, -0.15) is 0 Å². The number of amides is 1. The molecule has 1 aromatic carbocycles. The highest BCUT2D eigenvalue weighted by Gasteiger charge is 2.08. The van der Waals surface area contributed by atoms with Crippen molar-refractivity contribution in [3.05, 3.63) is 27.7 Å². The predicted molar refractivity (Wildman–Crippen MR) is 54.0 cm³/mol. The van der Waals surface area contributed by atoms with Crippen LogP contribution in [-0.4, -0.2) is 6.41 Å². The smallest absolute Gasteiger partial charge is 0.211 e. The second-order valence-corrected chi connectivity index (χ2v) is 3.14. The van der Waals surface area contributed by atoms with Gasteiger partial charge in [-0.3, -0.25) is 4.79 Å². The lowest BCUT2D eigenvalue weighted by molar-refractivity contribution is -0.105. The summed E-state index contributed by atoms with van der Waals surface area (Å²) in [5, 5.41) is 3.31. The molecule has 70 valence electrons. The molecule has 3 nitrogen and oxygen atoms in total. The molecular formula is C8H8Cl2N2O. The van der Waals surface area contributed by atoms with Gasteiger partial charge in [0.2, 0.25) is 6.41 Å². The summed E-state index contributed by atoms with van der Waals surface area (Å²) in [6.45, 7) is 0.232. The first-order valence-electron chi connectivity index (χ1n) is 3.57. The molecule has 1 aromatic rings. The molecule has 0 aliphatic rings. The van der Waals surface area contributed by atoms with Crippen molar-refractivity contribution in [3.8, 4) is 0 Å². The number of carbonyl (C=O) groups excluding carboxylic acids is 1. The normalized spacial score (nSPS) is 9.77. The number of halogens is 2. The number of nitrogens with two attached hydrogens (primary N) is 1. The summed E-state index contributed by atoms with van der Waals surface area (Å²) in [7, 11) is 0. The van der Waals surface area contributed by atoms with Crippen molar-refractivity contribution in [2.24, 2.45) is 5.73 Å². The Hall–Kier alpha value is -0.770. The first-order valence-corrected chi connectivity index (χ1v) is 4.33. The van der Waals surface area contributed by atoms with E-state index in [-0.39, 0.29) is 6.54 Å². The highest BCUT2D eigenvalue weighted by molar-refractivity contribution is 6.42. The standard InChI is InChI=1S/C8H8Cl2N2O/c9-6-1-2-7(12-4-13)5(3-11)8(6)10/h1-2,4H,3,11H2,(H,12,13). The molecule has 0 heterocycles. The molecule has 0 spiro atoms. The van der Waals surface area contributed by atoms with Crippen LogP contribution < -0.4 is 11.1 Å². The third kappa shape index (κ3) is 2.12. The van der Waals surface area contributed by atoms with Gasteiger partial charge < -0.3 is 11.1 Å². The van der Waals surface area contributed by atoms with Gasteiger partial charge in [-0.05, 0) is 12.1 Å². The quantitative estimate of drug-likeness (QED) is 0.764. The molecule has 3 N–H and O–H groups in total. The van der Waals surface area contributed by atoms with Gasteiger partial charge >= 0.3 is 0 Å². The van der Waals surface area contributed by atoms with Crippen LogP contribution in [0.1, 0.15) is 5.56 Å². The number of benzene rings is 1. The van der Waals surface area contributed by atoms with Crippen molar-refractivity contribution < 1.29 is 4.79 Å². The summed E-state index contributed by atoms with van der Waals surface area (Å²) in [5.41, 5.74) is 6.68. The maximum atomic E-state index is 10.2. The Morgan fingerprint density at radius 3 is 2.69 bits per heavy atom. The van der Waals surface area contributed by atoms with Crippen LogP contribution in [0.15, 0.2) is 12.1 Å². The van der Waals surface area contributed by atoms with Crippen molar-refractivity contribution in [1.82, 2.24) is 0 Å². The van der Waals surface area contributed by atoms with Crippen LogP contribution in [0.4, 0.5) is 5.69 Å². The van der Waals surface area contributed by atoms with E-state index in [1.54, 1.807) is 12.1 Å². The molecule has 0 fully saturated rings.